The third-order valence-corrected chi connectivity index (χ3v) is 4.01. The van der Waals surface area contributed by atoms with Gasteiger partial charge in [0.2, 0.25) is 5.95 Å². The maximum atomic E-state index is 11.5. The van der Waals surface area contributed by atoms with Crippen LogP contribution in [0, 0.1) is 20.8 Å². The van der Waals surface area contributed by atoms with E-state index in [0.717, 1.165) is 22.5 Å². The molecule has 2 N–H and O–H groups in total. The van der Waals surface area contributed by atoms with Crippen LogP contribution in [0.4, 0.5) is 23.1 Å². The van der Waals surface area contributed by atoms with E-state index < -0.39 is 0 Å². The Morgan fingerprint density at radius 2 is 1.73 bits per heavy atom. The summed E-state index contributed by atoms with van der Waals surface area (Å²) in [5, 5.41) is 14.4. The Balaban J connectivity index is 1.83. The first kappa shape index (κ1) is 17.5. The molecule has 132 valence electrons. The first-order valence-corrected chi connectivity index (χ1v) is 8.35. The lowest BCUT2D eigenvalue weighted by molar-refractivity contribution is 0.101. The van der Waals surface area contributed by atoms with Crippen molar-refractivity contribution in [1.82, 2.24) is 15.2 Å². The van der Waals surface area contributed by atoms with E-state index in [1.807, 2.05) is 12.1 Å². The number of Topliss-reactive ketones (excluding diaryl/α,β-unsaturated/α-hetero) is 1. The highest BCUT2D eigenvalue weighted by atomic mass is 16.1. The SMILES string of the molecule is CC(=O)c1cccc(Nc2nncc(Nc3c(C)cc(C)cc3C)n2)c1. The molecule has 6 heteroatoms. The Morgan fingerprint density at radius 3 is 2.42 bits per heavy atom. The summed E-state index contributed by atoms with van der Waals surface area (Å²) >= 11 is 0. The van der Waals surface area contributed by atoms with Gasteiger partial charge in [0.05, 0.1) is 6.20 Å². The highest BCUT2D eigenvalue weighted by Gasteiger charge is 2.08. The van der Waals surface area contributed by atoms with E-state index in [9.17, 15) is 4.79 Å². The zero-order valence-corrected chi connectivity index (χ0v) is 15.3. The summed E-state index contributed by atoms with van der Waals surface area (Å²) in [5.41, 5.74) is 5.89. The number of ketones is 1. The second-order valence-corrected chi connectivity index (χ2v) is 6.33. The van der Waals surface area contributed by atoms with Crippen LogP contribution in [0.1, 0.15) is 34.0 Å². The minimum absolute atomic E-state index is 0.00781. The van der Waals surface area contributed by atoms with Gasteiger partial charge in [-0.05, 0) is 51.0 Å². The van der Waals surface area contributed by atoms with Gasteiger partial charge in [0.25, 0.3) is 0 Å². The van der Waals surface area contributed by atoms with Gasteiger partial charge in [-0.1, -0.05) is 29.8 Å². The molecule has 1 heterocycles. The number of aromatic nitrogens is 3. The lowest BCUT2D eigenvalue weighted by Crippen LogP contribution is -2.04. The van der Waals surface area contributed by atoms with Crippen molar-refractivity contribution >= 4 is 28.9 Å². The van der Waals surface area contributed by atoms with Gasteiger partial charge in [0.1, 0.15) is 0 Å². The topological polar surface area (TPSA) is 79.8 Å². The fourth-order valence-corrected chi connectivity index (χ4v) is 2.87. The van der Waals surface area contributed by atoms with E-state index in [1.54, 1.807) is 18.3 Å². The van der Waals surface area contributed by atoms with Crippen molar-refractivity contribution in [2.75, 3.05) is 10.6 Å². The van der Waals surface area contributed by atoms with Gasteiger partial charge in [0, 0.05) is 16.9 Å². The average molecular weight is 347 g/mol. The molecule has 0 spiro atoms. The number of carbonyl (C=O) groups is 1. The third-order valence-electron chi connectivity index (χ3n) is 4.01. The Hall–Kier alpha value is -3.28. The van der Waals surface area contributed by atoms with Gasteiger partial charge in [-0.25, -0.2) is 0 Å². The molecule has 0 aliphatic carbocycles. The summed E-state index contributed by atoms with van der Waals surface area (Å²) in [7, 11) is 0. The molecular formula is C20H21N5O. The summed E-state index contributed by atoms with van der Waals surface area (Å²) in [6.45, 7) is 7.73. The van der Waals surface area contributed by atoms with Crippen molar-refractivity contribution in [3.63, 3.8) is 0 Å². The molecule has 0 fully saturated rings. The van der Waals surface area contributed by atoms with Crippen molar-refractivity contribution in [1.29, 1.82) is 0 Å². The van der Waals surface area contributed by atoms with E-state index in [0.29, 0.717) is 17.3 Å². The maximum absolute atomic E-state index is 11.5. The van der Waals surface area contributed by atoms with Crippen LogP contribution in [0.15, 0.2) is 42.6 Å². The zero-order chi connectivity index (χ0) is 18.7. The minimum Gasteiger partial charge on any atom is -0.338 e. The van der Waals surface area contributed by atoms with Gasteiger partial charge >= 0.3 is 0 Å². The van der Waals surface area contributed by atoms with E-state index in [1.165, 1.54) is 12.5 Å². The molecule has 3 rings (SSSR count). The Labute approximate surface area is 152 Å². The number of rotatable bonds is 5. The second kappa shape index (κ2) is 7.31. The largest absolute Gasteiger partial charge is 0.338 e. The predicted molar refractivity (Wildman–Crippen MR) is 103 cm³/mol. The van der Waals surface area contributed by atoms with Crippen molar-refractivity contribution < 1.29 is 4.79 Å². The standard InChI is InChI=1S/C20H21N5O/c1-12-8-13(2)19(14(3)9-12)23-18-11-21-25-20(24-18)22-17-7-5-6-16(10-17)15(4)26/h5-11H,1-4H3,(H2,22,23,24,25). The number of anilines is 4. The molecule has 0 aliphatic heterocycles. The number of aryl methyl sites for hydroxylation is 3. The van der Waals surface area contributed by atoms with Crippen LogP contribution in [-0.4, -0.2) is 21.0 Å². The predicted octanol–water partition coefficient (Wildman–Crippen LogP) is 4.49. The Bertz CT molecular complexity index is 945. The van der Waals surface area contributed by atoms with Crippen LogP contribution >= 0.6 is 0 Å². The molecule has 0 atom stereocenters. The number of benzene rings is 2. The monoisotopic (exact) mass is 347 g/mol. The molecule has 2 aromatic carbocycles. The van der Waals surface area contributed by atoms with Crippen LogP contribution in [0.3, 0.4) is 0 Å². The molecular weight excluding hydrogens is 326 g/mol. The fourth-order valence-electron chi connectivity index (χ4n) is 2.87. The first-order chi connectivity index (χ1) is 12.4. The summed E-state index contributed by atoms with van der Waals surface area (Å²) in [6, 6.07) is 11.4. The molecule has 0 radical (unpaired) electrons. The van der Waals surface area contributed by atoms with E-state index in [4.69, 9.17) is 0 Å². The van der Waals surface area contributed by atoms with Gasteiger partial charge < -0.3 is 10.6 Å². The molecule has 0 bridgehead atoms. The summed E-state index contributed by atoms with van der Waals surface area (Å²) in [4.78, 5) is 16.0. The lowest BCUT2D eigenvalue weighted by atomic mass is 10.1. The average Bonchev–Trinajstić information content (AvgIpc) is 2.58. The Morgan fingerprint density at radius 1 is 1.00 bits per heavy atom. The third kappa shape index (κ3) is 4.03. The van der Waals surface area contributed by atoms with E-state index >= 15 is 0 Å². The van der Waals surface area contributed by atoms with Crippen LogP contribution < -0.4 is 10.6 Å². The molecule has 1 aromatic heterocycles. The van der Waals surface area contributed by atoms with Crippen LogP contribution in [0.5, 0.6) is 0 Å². The van der Waals surface area contributed by atoms with Gasteiger partial charge in [-0.15, -0.1) is 5.10 Å². The molecule has 6 nitrogen and oxygen atoms in total. The molecule has 0 saturated carbocycles. The summed E-state index contributed by atoms with van der Waals surface area (Å²) in [5.74, 6) is 0.965. The summed E-state index contributed by atoms with van der Waals surface area (Å²) in [6.07, 6.45) is 1.58. The molecule has 0 amide bonds. The van der Waals surface area contributed by atoms with Crippen LogP contribution in [0.2, 0.25) is 0 Å². The minimum atomic E-state index is 0.00781. The lowest BCUT2D eigenvalue weighted by Gasteiger charge is -2.13. The van der Waals surface area contributed by atoms with Gasteiger partial charge in [-0.3, -0.25) is 4.79 Å². The van der Waals surface area contributed by atoms with E-state index in [-0.39, 0.29) is 5.78 Å². The van der Waals surface area contributed by atoms with Crippen molar-refractivity contribution in [3.05, 3.63) is 64.8 Å². The number of nitrogens with zero attached hydrogens (tertiary/aromatic N) is 3. The second-order valence-electron chi connectivity index (χ2n) is 6.33. The number of carbonyl (C=O) groups excluding carboxylic acids is 1. The number of hydrogen-bond acceptors (Lipinski definition) is 6. The van der Waals surface area contributed by atoms with Crippen molar-refractivity contribution in [2.45, 2.75) is 27.7 Å². The fraction of sp³-hybridized carbons (Fsp3) is 0.200. The summed E-state index contributed by atoms with van der Waals surface area (Å²) < 4.78 is 0. The zero-order valence-electron chi connectivity index (χ0n) is 15.3. The highest BCUT2D eigenvalue weighted by Crippen LogP contribution is 2.25. The quantitative estimate of drug-likeness (QED) is 0.662. The first-order valence-electron chi connectivity index (χ1n) is 8.35. The maximum Gasteiger partial charge on any atom is 0.249 e. The van der Waals surface area contributed by atoms with Crippen LogP contribution in [-0.2, 0) is 0 Å². The molecule has 0 saturated heterocycles. The molecule has 26 heavy (non-hydrogen) atoms. The van der Waals surface area contributed by atoms with Gasteiger partial charge in [0.15, 0.2) is 11.6 Å². The smallest absolute Gasteiger partial charge is 0.249 e. The number of nitrogens with one attached hydrogen (secondary N) is 2. The highest BCUT2D eigenvalue weighted by molar-refractivity contribution is 5.95. The Kier molecular flexibility index (Phi) is 4.93. The molecule has 0 aliphatic rings. The van der Waals surface area contributed by atoms with Gasteiger partial charge in [-0.2, -0.15) is 10.1 Å². The van der Waals surface area contributed by atoms with Crippen molar-refractivity contribution in [3.8, 4) is 0 Å². The van der Waals surface area contributed by atoms with Crippen LogP contribution in [0.25, 0.3) is 0 Å². The van der Waals surface area contributed by atoms with E-state index in [2.05, 4.69) is 58.7 Å². The normalized spacial score (nSPS) is 10.5. The van der Waals surface area contributed by atoms with Crippen molar-refractivity contribution in [2.24, 2.45) is 0 Å². The molecule has 0 unspecified atom stereocenters. The number of hydrogen-bond donors (Lipinski definition) is 2. The molecule has 3 aromatic rings.